The molecule has 1 amide bonds. The Balaban J connectivity index is 1.79. The van der Waals surface area contributed by atoms with Crippen LogP contribution in [0.2, 0.25) is 5.02 Å². The van der Waals surface area contributed by atoms with Crippen LogP contribution in [-0.2, 0) is 4.79 Å². The van der Waals surface area contributed by atoms with E-state index in [1.807, 2.05) is 0 Å². The monoisotopic (exact) mass is 403 g/mol. The van der Waals surface area contributed by atoms with Crippen molar-refractivity contribution >= 4 is 23.5 Å². The fourth-order valence-electron chi connectivity index (χ4n) is 3.49. The maximum absolute atomic E-state index is 11.6. The molecule has 0 radical (unpaired) electrons. The normalized spacial score (nSPS) is 19.2. The molecule has 1 aromatic carbocycles. The Labute approximate surface area is 167 Å². The molecule has 1 heterocycles. The molecule has 28 heavy (non-hydrogen) atoms. The lowest BCUT2D eigenvalue weighted by Crippen LogP contribution is -2.27. The van der Waals surface area contributed by atoms with Crippen LogP contribution in [0.5, 0.6) is 5.75 Å². The number of halogens is 1. The van der Waals surface area contributed by atoms with Crippen molar-refractivity contribution in [2.45, 2.75) is 45.6 Å². The van der Waals surface area contributed by atoms with Crippen LogP contribution < -0.4 is 10.5 Å². The van der Waals surface area contributed by atoms with E-state index in [1.54, 1.807) is 32.0 Å². The molecule has 7 nitrogen and oxygen atoms in total. The smallest absolute Gasteiger partial charge is 0.306 e. The third-order valence-electron chi connectivity index (χ3n) is 5.00. The van der Waals surface area contributed by atoms with Gasteiger partial charge in [0.05, 0.1) is 34.1 Å². The lowest BCUT2D eigenvalue weighted by atomic mass is 9.87. The summed E-state index contributed by atoms with van der Waals surface area (Å²) in [7, 11) is 0. The number of hydrogen-bond donors (Lipinski definition) is 2. The number of nitrogens with two attached hydrogens (primary N) is 1. The summed E-state index contributed by atoms with van der Waals surface area (Å²) in [6.07, 6.45) is 2.51. The zero-order valence-electron chi connectivity index (χ0n) is 15.7. The highest BCUT2D eigenvalue weighted by Gasteiger charge is 2.27. The first-order chi connectivity index (χ1) is 13.3. The zero-order valence-corrected chi connectivity index (χ0v) is 16.5. The van der Waals surface area contributed by atoms with Crippen LogP contribution in [-0.4, -0.2) is 33.1 Å². The number of nitrogens with zero attached hydrogens (tertiary/aromatic N) is 2. The van der Waals surface area contributed by atoms with E-state index in [4.69, 9.17) is 27.2 Å². The standard InChI is InChI=1S/C20H22ClN3O4/c1-10-17(24-18(19(22)25)11(2)23-10)13-5-8-16(15(21)9-13)28-14-6-3-12(4-7-14)20(26)27/h5,8-9,12,14H,3-4,6-7H2,1-2H3,(H2,22,25)(H,26,27)/t12-,14-. The van der Waals surface area contributed by atoms with Gasteiger partial charge in [0.25, 0.3) is 5.91 Å². The third-order valence-corrected chi connectivity index (χ3v) is 5.30. The number of ether oxygens (including phenoxy) is 1. The van der Waals surface area contributed by atoms with Gasteiger partial charge in [-0.15, -0.1) is 0 Å². The Morgan fingerprint density at radius 2 is 1.82 bits per heavy atom. The van der Waals surface area contributed by atoms with Crippen LogP contribution in [0.25, 0.3) is 11.3 Å². The zero-order chi connectivity index (χ0) is 20.4. The first-order valence-corrected chi connectivity index (χ1v) is 9.48. The van der Waals surface area contributed by atoms with Gasteiger partial charge in [0.2, 0.25) is 0 Å². The van der Waals surface area contributed by atoms with Crippen LogP contribution in [0, 0.1) is 19.8 Å². The van der Waals surface area contributed by atoms with Crippen molar-refractivity contribution in [2.75, 3.05) is 0 Å². The summed E-state index contributed by atoms with van der Waals surface area (Å²) < 4.78 is 5.98. The Kier molecular flexibility index (Phi) is 5.84. The second kappa shape index (κ2) is 8.14. The number of carboxylic acid groups (broad SMARTS) is 1. The van der Waals surface area contributed by atoms with Gasteiger partial charge >= 0.3 is 5.97 Å². The molecule has 8 heteroatoms. The number of carbonyl (C=O) groups is 2. The van der Waals surface area contributed by atoms with Crippen LogP contribution >= 0.6 is 11.6 Å². The van der Waals surface area contributed by atoms with Gasteiger partial charge in [-0.25, -0.2) is 4.98 Å². The summed E-state index contributed by atoms with van der Waals surface area (Å²) in [4.78, 5) is 31.3. The quantitative estimate of drug-likeness (QED) is 0.788. The van der Waals surface area contributed by atoms with Gasteiger partial charge in [-0.3, -0.25) is 14.6 Å². The van der Waals surface area contributed by atoms with Gasteiger partial charge in [-0.1, -0.05) is 11.6 Å². The molecule has 1 aromatic heterocycles. The predicted octanol–water partition coefficient (Wildman–Crippen LogP) is 3.53. The molecule has 3 rings (SSSR count). The highest BCUT2D eigenvalue weighted by molar-refractivity contribution is 6.32. The number of amides is 1. The number of benzene rings is 1. The minimum Gasteiger partial charge on any atom is -0.489 e. The summed E-state index contributed by atoms with van der Waals surface area (Å²) in [6, 6.07) is 5.28. The molecule has 0 spiro atoms. The molecule has 0 unspecified atom stereocenters. The molecule has 148 valence electrons. The van der Waals surface area contributed by atoms with Crippen molar-refractivity contribution in [2.24, 2.45) is 11.7 Å². The van der Waals surface area contributed by atoms with Crippen molar-refractivity contribution < 1.29 is 19.4 Å². The number of primary amides is 1. The van der Waals surface area contributed by atoms with Crippen LogP contribution in [0.1, 0.15) is 47.6 Å². The van der Waals surface area contributed by atoms with E-state index < -0.39 is 11.9 Å². The van der Waals surface area contributed by atoms with Crippen molar-refractivity contribution in [1.29, 1.82) is 0 Å². The van der Waals surface area contributed by atoms with Gasteiger partial charge in [0.1, 0.15) is 11.4 Å². The van der Waals surface area contributed by atoms with Crippen molar-refractivity contribution in [3.05, 3.63) is 40.3 Å². The molecule has 0 saturated heterocycles. The molecular weight excluding hydrogens is 382 g/mol. The van der Waals surface area contributed by atoms with E-state index in [2.05, 4.69) is 9.97 Å². The fourth-order valence-corrected chi connectivity index (χ4v) is 3.71. The Morgan fingerprint density at radius 3 is 2.39 bits per heavy atom. The fraction of sp³-hybridized carbons (Fsp3) is 0.400. The van der Waals surface area contributed by atoms with Crippen molar-refractivity contribution in [3.8, 4) is 17.0 Å². The second-order valence-electron chi connectivity index (χ2n) is 7.03. The van der Waals surface area contributed by atoms with Gasteiger partial charge in [-0.05, 0) is 57.7 Å². The van der Waals surface area contributed by atoms with E-state index in [0.717, 1.165) is 0 Å². The number of rotatable bonds is 5. The highest BCUT2D eigenvalue weighted by atomic mass is 35.5. The number of aryl methyl sites for hydroxylation is 2. The molecule has 1 aliphatic carbocycles. The van der Waals surface area contributed by atoms with Crippen LogP contribution in [0.4, 0.5) is 0 Å². The molecule has 0 bridgehead atoms. The average Bonchev–Trinajstić information content (AvgIpc) is 2.63. The van der Waals surface area contributed by atoms with Crippen molar-refractivity contribution in [1.82, 2.24) is 9.97 Å². The summed E-state index contributed by atoms with van der Waals surface area (Å²) >= 11 is 6.40. The van der Waals surface area contributed by atoms with Gasteiger partial charge in [0.15, 0.2) is 0 Å². The third kappa shape index (κ3) is 4.25. The number of carboxylic acids is 1. The maximum Gasteiger partial charge on any atom is 0.306 e. The highest BCUT2D eigenvalue weighted by Crippen LogP contribution is 2.34. The van der Waals surface area contributed by atoms with E-state index in [1.165, 1.54) is 0 Å². The number of carbonyl (C=O) groups excluding carboxylic acids is 1. The summed E-state index contributed by atoms with van der Waals surface area (Å²) in [5.41, 5.74) is 7.90. The van der Waals surface area contributed by atoms with Crippen LogP contribution in [0.15, 0.2) is 18.2 Å². The maximum atomic E-state index is 11.6. The summed E-state index contributed by atoms with van der Waals surface area (Å²) in [6.45, 7) is 3.49. The van der Waals surface area contributed by atoms with E-state index >= 15 is 0 Å². The molecule has 0 atom stereocenters. The minimum atomic E-state index is -0.745. The molecule has 0 aliphatic heterocycles. The Hall–Kier alpha value is -2.67. The molecule has 1 aliphatic rings. The SMILES string of the molecule is Cc1nc(C)c(-c2ccc(O[C@H]3CC[C@H](C(=O)O)CC3)c(Cl)c2)nc1C(N)=O. The number of aromatic nitrogens is 2. The summed E-state index contributed by atoms with van der Waals surface area (Å²) in [5, 5.41) is 9.51. The predicted molar refractivity (Wildman–Crippen MR) is 104 cm³/mol. The molecule has 3 N–H and O–H groups in total. The summed E-state index contributed by atoms with van der Waals surface area (Å²) in [5.74, 6) is -1.13. The molecule has 1 saturated carbocycles. The van der Waals surface area contributed by atoms with Gasteiger partial charge < -0.3 is 15.6 Å². The first-order valence-electron chi connectivity index (χ1n) is 9.10. The lowest BCUT2D eigenvalue weighted by Gasteiger charge is -2.27. The van der Waals surface area contributed by atoms with Gasteiger partial charge in [-0.2, -0.15) is 0 Å². The Bertz CT molecular complexity index is 924. The second-order valence-corrected chi connectivity index (χ2v) is 7.44. The van der Waals surface area contributed by atoms with Crippen molar-refractivity contribution in [3.63, 3.8) is 0 Å². The van der Waals surface area contributed by atoms with E-state index in [9.17, 15) is 9.59 Å². The van der Waals surface area contributed by atoms with Crippen LogP contribution in [0.3, 0.4) is 0 Å². The number of aliphatic carboxylic acids is 1. The average molecular weight is 404 g/mol. The lowest BCUT2D eigenvalue weighted by molar-refractivity contribution is -0.143. The topological polar surface area (TPSA) is 115 Å². The largest absolute Gasteiger partial charge is 0.489 e. The number of hydrogen-bond acceptors (Lipinski definition) is 5. The molecular formula is C20H22ClN3O4. The molecule has 2 aromatic rings. The Morgan fingerprint density at radius 1 is 1.14 bits per heavy atom. The van der Waals surface area contributed by atoms with E-state index in [0.29, 0.717) is 59.1 Å². The first kappa shape index (κ1) is 20.1. The molecule has 1 fully saturated rings. The van der Waals surface area contributed by atoms with Gasteiger partial charge in [0, 0.05) is 5.56 Å². The van der Waals surface area contributed by atoms with E-state index in [-0.39, 0.29) is 17.7 Å². The minimum absolute atomic E-state index is 0.0543.